The first kappa shape index (κ1) is 20.5. The van der Waals surface area contributed by atoms with Gasteiger partial charge in [0.2, 0.25) is 5.91 Å². The number of non-ortho nitro benzene ring substituents is 1. The van der Waals surface area contributed by atoms with Crippen molar-refractivity contribution >= 4 is 35.1 Å². The molecule has 2 aromatic carbocycles. The summed E-state index contributed by atoms with van der Waals surface area (Å²) >= 11 is 0. The van der Waals surface area contributed by atoms with Crippen LogP contribution >= 0.6 is 0 Å². The number of nitrogens with zero attached hydrogens (tertiary/aromatic N) is 2. The number of carbonyl (C=O) groups is 4. The second kappa shape index (κ2) is 7.99. The Morgan fingerprint density at radius 1 is 1.07 bits per heavy atom. The number of nitrogens with one attached hydrogen (secondary N) is 1. The number of amides is 3. The maximum atomic E-state index is 12.4. The quantitative estimate of drug-likeness (QED) is 0.268. The van der Waals surface area contributed by atoms with E-state index in [4.69, 9.17) is 5.11 Å². The van der Waals surface area contributed by atoms with Gasteiger partial charge in [0.25, 0.3) is 17.5 Å². The molecule has 0 fully saturated rings. The number of carbonyl (C=O) groups excluding carboxylic acids is 3. The first-order chi connectivity index (χ1) is 14.2. The summed E-state index contributed by atoms with van der Waals surface area (Å²) in [6.45, 7) is -0.0719. The van der Waals surface area contributed by atoms with Gasteiger partial charge in [-0.3, -0.25) is 29.4 Å². The van der Waals surface area contributed by atoms with Gasteiger partial charge in [-0.2, -0.15) is 0 Å². The first-order valence-corrected chi connectivity index (χ1v) is 8.70. The zero-order valence-electron chi connectivity index (χ0n) is 15.3. The molecule has 0 radical (unpaired) electrons. The minimum atomic E-state index is -1.23. The van der Waals surface area contributed by atoms with Crippen molar-refractivity contribution in [3.63, 3.8) is 0 Å². The van der Waals surface area contributed by atoms with Gasteiger partial charge in [0.1, 0.15) is 5.75 Å². The molecule has 1 heterocycles. The second-order valence-electron chi connectivity index (χ2n) is 6.44. The normalized spacial score (nSPS) is 12.6. The van der Waals surface area contributed by atoms with Gasteiger partial charge in [-0.15, -0.1) is 0 Å². The lowest BCUT2D eigenvalue weighted by molar-refractivity contribution is -0.384. The van der Waals surface area contributed by atoms with Crippen molar-refractivity contribution in [2.45, 2.75) is 12.8 Å². The number of hydrogen-bond acceptors (Lipinski definition) is 7. The predicted octanol–water partition coefficient (Wildman–Crippen LogP) is 2.01. The number of phenolic OH excluding ortho intramolecular Hbond substituents is 1. The van der Waals surface area contributed by atoms with E-state index in [0.29, 0.717) is 0 Å². The Morgan fingerprint density at radius 2 is 1.77 bits per heavy atom. The highest BCUT2D eigenvalue weighted by Gasteiger charge is 2.36. The lowest BCUT2D eigenvalue weighted by Crippen LogP contribution is -2.31. The third-order valence-corrected chi connectivity index (χ3v) is 4.47. The Labute approximate surface area is 168 Å². The number of imide groups is 1. The summed E-state index contributed by atoms with van der Waals surface area (Å²) in [5.74, 6) is -3.41. The van der Waals surface area contributed by atoms with Crippen LogP contribution in [0.2, 0.25) is 0 Å². The van der Waals surface area contributed by atoms with Crippen LogP contribution in [0.3, 0.4) is 0 Å². The van der Waals surface area contributed by atoms with E-state index in [1.165, 1.54) is 18.2 Å². The highest BCUT2D eigenvalue weighted by atomic mass is 16.6. The van der Waals surface area contributed by atoms with Crippen molar-refractivity contribution < 1.29 is 34.3 Å². The van der Waals surface area contributed by atoms with Crippen molar-refractivity contribution in [1.82, 2.24) is 4.90 Å². The molecule has 0 unspecified atom stereocenters. The van der Waals surface area contributed by atoms with Crippen LogP contribution in [-0.2, 0) is 4.79 Å². The van der Waals surface area contributed by atoms with Crippen molar-refractivity contribution in [3.05, 3.63) is 63.2 Å². The molecule has 30 heavy (non-hydrogen) atoms. The van der Waals surface area contributed by atoms with E-state index in [2.05, 4.69) is 5.32 Å². The maximum absolute atomic E-state index is 12.4. The molecular formula is C19H15N3O8. The minimum absolute atomic E-state index is 0.0260. The lowest BCUT2D eigenvalue weighted by Gasteiger charge is -2.13. The number of aromatic hydroxyl groups is 1. The summed E-state index contributed by atoms with van der Waals surface area (Å²) in [5, 5.41) is 31.9. The molecule has 11 heteroatoms. The molecule has 154 valence electrons. The number of fused-ring (bicyclic) bond motifs is 1. The van der Waals surface area contributed by atoms with Crippen molar-refractivity contribution in [2.24, 2.45) is 0 Å². The van der Waals surface area contributed by atoms with E-state index in [0.717, 1.165) is 23.1 Å². The number of carboxylic acid groups (broad SMARTS) is 1. The van der Waals surface area contributed by atoms with Crippen molar-refractivity contribution in [3.8, 4) is 5.75 Å². The summed E-state index contributed by atoms with van der Waals surface area (Å²) in [6, 6.07) is 6.87. The van der Waals surface area contributed by atoms with Gasteiger partial charge >= 0.3 is 5.97 Å². The number of hydrogen-bond donors (Lipinski definition) is 3. The van der Waals surface area contributed by atoms with E-state index in [-0.39, 0.29) is 47.5 Å². The molecule has 0 spiro atoms. The summed E-state index contributed by atoms with van der Waals surface area (Å²) in [6.07, 6.45) is 0.0288. The van der Waals surface area contributed by atoms with Crippen LogP contribution < -0.4 is 5.32 Å². The fourth-order valence-corrected chi connectivity index (χ4v) is 2.98. The Hall–Kier alpha value is -4.28. The Kier molecular flexibility index (Phi) is 5.45. The van der Waals surface area contributed by atoms with Gasteiger partial charge < -0.3 is 15.5 Å². The zero-order chi connectivity index (χ0) is 22.0. The number of rotatable bonds is 7. The Bertz CT molecular complexity index is 1100. The molecule has 3 amide bonds. The summed E-state index contributed by atoms with van der Waals surface area (Å²) in [7, 11) is 0. The number of phenols is 1. The van der Waals surface area contributed by atoms with Crippen LogP contribution in [0.25, 0.3) is 0 Å². The van der Waals surface area contributed by atoms with Gasteiger partial charge in [-0.1, -0.05) is 0 Å². The molecule has 0 aromatic heterocycles. The van der Waals surface area contributed by atoms with Crippen LogP contribution in [-0.4, -0.2) is 50.3 Å². The fourth-order valence-electron chi connectivity index (χ4n) is 2.98. The molecule has 11 nitrogen and oxygen atoms in total. The highest BCUT2D eigenvalue weighted by Crippen LogP contribution is 2.27. The second-order valence-corrected chi connectivity index (χ2v) is 6.44. The van der Waals surface area contributed by atoms with Crippen LogP contribution in [0, 0.1) is 10.1 Å². The first-order valence-electron chi connectivity index (χ1n) is 8.70. The highest BCUT2D eigenvalue weighted by molar-refractivity contribution is 6.21. The van der Waals surface area contributed by atoms with Gasteiger partial charge in [-0.25, -0.2) is 4.79 Å². The molecule has 0 bridgehead atoms. The molecule has 3 rings (SSSR count). The molecular weight excluding hydrogens is 398 g/mol. The van der Waals surface area contributed by atoms with E-state index in [1.807, 2.05) is 0 Å². The third kappa shape index (κ3) is 3.94. The molecule has 3 N–H and O–H groups in total. The Morgan fingerprint density at radius 3 is 2.40 bits per heavy atom. The number of aromatic carboxylic acids is 1. The molecule has 0 aliphatic carbocycles. The van der Waals surface area contributed by atoms with Crippen LogP contribution in [0.5, 0.6) is 5.75 Å². The number of anilines is 1. The van der Waals surface area contributed by atoms with Crippen molar-refractivity contribution in [1.29, 1.82) is 0 Å². The average Bonchev–Trinajstić information content (AvgIpc) is 2.93. The third-order valence-electron chi connectivity index (χ3n) is 4.47. The van der Waals surface area contributed by atoms with Crippen molar-refractivity contribution in [2.75, 3.05) is 11.9 Å². The summed E-state index contributed by atoms with van der Waals surface area (Å²) in [4.78, 5) is 58.7. The van der Waals surface area contributed by atoms with E-state index < -0.39 is 34.4 Å². The van der Waals surface area contributed by atoms with Gasteiger partial charge in [0.05, 0.1) is 27.3 Å². The van der Waals surface area contributed by atoms with Gasteiger partial charge in [-0.05, 0) is 30.7 Å². The predicted molar refractivity (Wildman–Crippen MR) is 101 cm³/mol. The molecule has 2 aromatic rings. The standard InChI is InChI=1S/C19H15N3O8/c23-15-8-10(19(27)28)3-6-14(15)20-16(24)2-1-7-21-17(25)12-5-4-11(22(29)30)9-13(12)18(21)26/h3-6,8-9,23H,1-2,7H2,(H,20,24)(H,27,28). The number of benzene rings is 2. The number of carboxylic acids is 1. The van der Waals surface area contributed by atoms with E-state index in [1.54, 1.807) is 0 Å². The molecule has 0 saturated heterocycles. The zero-order valence-corrected chi connectivity index (χ0v) is 15.3. The largest absolute Gasteiger partial charge is 0.506 e. The van der Waals surface area contributed by atoms with E-state index >= 15 is 0 Å². The molecule has 1 aliphatic heterocycles. The van der Waals surface area contributed by atoms with Crippen LogP contribution in [0.4, 0.5) is 11.4 Å². The Balaban J connectivity index is 1.58. The monoisotopic (exact) mass is 413 g/mol. The van der Waals surface area contributed by atoms with Crippen LogP contribution in [0.15, 0.2) is 36.4 Å². The summed E-state index contributed by atoms with van der Waals surface area (Å²) in [5.41, 5.74) is -0.403. The van der Waals surface area contributed by atoms with Gasteiger partial charge in [0.15, 0.2) is 0 Å². The summed E-state index contributed by atoms with van der Waals surface area (Å²) < 4.78 is 0. The van der Waals surface area contributed by atoms with Crippen LogP contribution in [0.1, 0.15) is 43.9 Å². The van der Waals surface area contributed by atoms with Gasteiger partial charge in [0, 0.05) is 25.1 Å². The number of nitro benzene ring substituents is 1. The van der Waals surface area contributed by atoms with E-state index in [9.17, 15) is 34.4 Å². The lowest BCUT2D eigenvalue weighted by atomic mass is 10.1. The topological polar surface area (TPSA) is 167 Å². The maximum Gasteiger partial charge on any atom is 0.335 e. The SMILES string of the molecule is O=C(CCCN1C(=O)c2ccc([N+](=O)[O-])cc2C1=O)Nc1ccc(C(=O)O)cc1O. The molecule has 0 saturated carbocycles. The average molecular weight is 413 g/mol. The minimum Gasteiger partial charge on any atom is -0.506 e. The molecule has 0 atom stereocenters. The molecule has 1 aliphatic rings. The number of nitro groups is 1. The fraction of sp³-hybridized carbons (Fsp3) is 0.158. The smallest absolute Gasteiger partial charge is 0.335 e.